The predicted molar refractivity (Wildman–Crippen MR) is 99.3 cm³/mol. The lowest BCUT2D eigenvalue weighted by atomic mass is 10.1. The van der Waals surface area contributed by atoms with Crippen molar-refractivity contribution < 1.29 is 4.79 Å². The van der Waals surface area contributed by atoms with Gasteiger partial charge in [-0.2, -0.15) is 0 Å². The van der Waals surface area contributed by atoms with Crippen LogP contribution in [0.3, 0.4) is 0 Å². The Balaban J connectivity index is 1.53. The summed E-state index contributed by atoms with van der Waals surface area (Å²) in [6.07, 6.45) is 4.49. The van der Waals surface area contributed by atoms with Crippen LogP contribution in [0.4, 0.5) is 0 Å². The zero-order chi connectivity index (χ0) is 18.3. The minimum atomic E-state index is -0.306. The molecule has 3 aromatic rings. The molecule has 3 heterocycles. The first-order valence-corrected chi connectivity index (χ1v) is 9.07. The van der Waals surface area contributed by atoms with Crippen molar-refractivity contribution in [1.82, 2.24) is 24.4 Å². The van der Waals surface area contributed by atoms with Crippen LogP contribution in [0.5, 0.6) is 0 Å². The van der Waals surface area contributed by atoms with Crippen molar-refractivity contribution in [3.63, 3.8) is 0 Å². The summed E-state index contributed by atoms with van der Waals surface area (Å²) >= 11 is 0. The number of carbonyl (C=O) groups excluding carboxylic acids is 1. The van der Waals surface area contributed by atoms with Crippen LogP contribution in [0.15, 0.2) is 36.8 Å². The number of hydrogen-bond acceptors (Lipinski definition) is 4. The third-order valence-corrected chi connectivity index (χ3v) is 4.86. The van der Waals surface area contributed by atoms with Gasteiger partial charge in [-0.05, 0) is 25.0 Å². The number of hydrogen-bond donors (Lipinski definition) is 0. The lowest BCUT2D eigenvalue weighted by Gasteiger charge is -2.21. The minimum absolute atomic E-state index is 0.0802. The van der Waals surface area contributed by atoms with E-state index in [0.29, 0.717) is 19.0 Å². The van der Waals surface area contributed by atoms with Gasteiger partial charge in [0.15, 0.2) is 0 Å². The quantitative estimate of drug-likeness (QED) is 0.726. The Morgan fingerprint density at radius 2 is 1.96 bits per heavy atom. The average Bonchev–Trinajstić information content (AvgIpc) is 3.23. The highest BCUT2D eigenvalue weighted by atomic mass is 16.2. The monoisotopic (exact) mass is 349 g/mol. The first-order chi connectivity index (χ1) is 12.5. The van der Waals surface area contributed by atoms with Crippen molar-refractivity contribution in [1.29, 1.82) is 0 Å². The van der Waals surface area contributed by atoms with Crippen LogP contribution in [0.1, 0.15) is 43.9 Å². The topological polar surface area (TPSA) is 63.9 Å². The van der Waals surface area contributed by atoms with Gasteiger partial charge < -0.3 is 9.47 Å². The Morgan fingerprint density at radius 3 is 2.77 bits per heavy atom. The molecule has 1 atom stereocenters. The van der Waals surface area contributed by atoms with E-state index >= 15 is 0 Å². The summed E-state index contributed by atoms with van der Waals surface area (Å²) in [4.78, 5) is 28.4. The summed E-state index contributed by atoms with van der Waals surface area (Å²) in [5, 5.41) is 0. The Kier molecular flexibility index (Phi) is 4.18. The molecular weight excluding hydrogens is 326 g/mol. The highest BCUT2D eigenvalue weighted by molar-refractivity contribution is 5.84. The molecule has 0 radical (unpaired) electrons. The summed E-state index contributed by atoms with van der Waals surface area (Å²) < 4.78 is 1.94. The van der Waals surface area contributed by atoms with E-state index in [1.54, 1.807) is 6.33 Å². The molecule has 6 nitrogen and oxygen atoms in total. The Hall–Kier alpha value is -2.76. The number of imidazole rings is 1. The summed E-state index contributed by atoms with van der Waals surface area (Å²) in [6, 6.07) is 7.57. The molecule has 1 aliphatic heterocycles. The van der Waals surface area contributed by atoms with E-state index in [4.69, 9.17) is 0 Å². The number of rotatable bonds is 4. The summed E-state index contributed by atoms with van der Waals surface area (Å²) in [7, 11) is 0. The highest BCUT2D eigenvalue weighted by Gasteiger charge is 2.29. The second-order valence-electron chi connectivity index (χ2n) is 7.37. The molecule has 2 aromatic heterocycles. The maximum atomic E-state index is 13.0. The zero-order valence-corrected chi connectivity index (χ0v) is 15.4. The van der Waals surface area contributed by atoms with E-state index < -0.39 is 0 Å². The van der Waals surface area contributed by atoms with Gasteiger partial charge in [-0.1, -0.05) is 26.0 Å². The third kappa shape index (κ3) is 2.96. The lowest BCUT2D eigenvalue weighted by molar-refractivity contribution is -0.134. The van der Waals surface area contributed by atoms with Gasteiger partial charge in [0.25, 0.3) is 0 Å². The first-order valence-electron chi connectivity index (χ1n) is 9.07. The Labute approximate surface area is 152 Å². The number of nitrogens with zero attached hydrogens (tertiary/aromatic N) is 5. The van der Waals surface area contributed by atoms with Crippen molar-refractivity contribution in [3.8, 4) is 0 Å². The molecular formula is C20H23N5O. The van der Waals surface area contributed by atoms with E-state index in [0.717, 1.165) is 34.5 Å². The second-order valence-corrected chi connectivity index (χ2v) is 7.37. The van der Waals surface area contributed by atoms with Gasteiger partial charge in [-0.25, -0.2) is 15.0 Å². The van der Waals surface area contributed by atoms with Gasteiger partial charge in [0, 0.05) is 24.7 Å². The number of para-hydroxylation sites is 2. The van der Waals surface area contributed by atoms with E-state index in [9.17, 15) is 4.79 Å². The van der Waals surface area contributed by atoms with Gasteiger partial charge in [-0.15, -0.1) is 0 Å². The maximum Gasteiger partial charge on any atom is 0.246 e. The standard InChI is InChI=1S/C20H23N5O/c1-13(2)8-19-21-9-15-10-24(11-17(15)23-19)20(26)14(3)25-12-22-16-6-4-5-7-18(16)25/h4-7,9,12-14H,8,10-11H2,1-3H3/t14-/m0/s1. The van der Waals surface area contributed by atoms with Crippen LogP contribution in [0, 0.1) is 5.92 Å². The van der Waals surface area contributed by atoms with Gasteiger partial charge >= 0.3 is 0 Å². The summed E-state index contributed by atoms with van der Waals surface area (Å²) in [5.41, 5.74) is 3.91. The number of amides is 1. The second kappa shape index (κ2) is 6.52. The minimum Gasteiger partial charge on any atom is -0.331 e. The third-order valence-electron chi connectivity index (χ3n) is 4.86. The number of fused-ring (bicyclic) bond motifs is 2. The number of benzene rings is 1. The van der Waals surface area contributed by atoms with Crippen LogP contribution < -0.4 is 0 Å². The predicted octanol–water partition coefficient (Wildman–Crippen LogP) is 3.13. The average molecular weight is 349 g/mol. The van der Waals surface area contributed by atoms with Crippen molar-refractivity contribution >= 4 is 16.9 Å². The zero-order valence-electron chi connectivity index (χ0n) is 15.4. The number of carbonyl (C=O) groups is 1. The first kappa shape index (κ1) is 16.7. The van der Waals surface area contributed by atoms with Crippen LogP contribution in [-0.4, -0.2) is 30.3 Å². The molecule has 1 amide bonds. The maximum absolute atomic E-state index is 13.0. The molecule has 0 spiro atoms. The summed E-state index contributed by atoms with van der Waals surface area (Å²) in [5.74, 6) is 1.46. The molecule has 0 N–H and O–H groups in total. The van der Waals surface area contributed by atoms with E-state index in [-0.39, 0.29) is 11.9 Å². The fourth-order valence-electron chi connectivity index (χ4n) is 3.48. The fourth-order valence-corrected chi connectivity index (χ4v) is 3.48. The van der Waals surface area contributed by atoms with Crippen LogP contribution in [0.2, 0.25) is 0 Å². The molecule has 4 rings (SSSR count). The molecule has 0 aliphatic carbocycles. The molecule has 0 saturated carbocycles. The largest absolute Gasteiger partial charge is 0.331 e. The normalized spacial score (nSPS) is 14.8. The number of aromatic nitrogens is 4. The molecule has 0 fully saturated rings. The molecule has 26 heavy (non-hydrogen) atoms. The fraction of sp³-hybridized carbons (Fsp3) is 0.400. The molecule has 1 aliphatic rings. The Morgan fingerprint density at radius 1 is 1.15 bits per heavy atom. The molecule has 0 unspecified atom stereocenters. The van der Waals surface area contributed by atoms with E-state index in [1.807, 2.05) is 46.9 Å². The molecule has 134 valence electrons. The SMILES string of the molecule is CC(C)Cc1ncc2c(n1)CN(C(=O)[C@H](C)n1cnc3ccccc31)C2. The molecule has 0 bridgehead atoms. The molecule has 1 aromatic carbocycles. The van der Waals surface area contributed by atoms with Gasteiger partial charge in [-0.3, -0.25) is 4.79 Å². The van der Waals surface area contributed by atoms with Gasteiger partial charge in [0.2, 0.25) is 5.91 Å². The van der Waals surface area contributed by atoms with Crippen molar-refractivity contribution in [2.75, 3.05) is 0 Å². The summed E-state index contributed by atoms with van der Waals surface area (Å²) in [6.45, 7) is 7.37. The van der Waals surface area contributed by atoms with Crippen LogP contribution in [0.25, 0.3) is 11.0 Å². The molecule has 6 heteroatoms. The van der Waals surface area contributed by atoms with E-state index in [1.165, 1.54) is 0 Å². The Bertz CT molecular complexity index is 962. The van der Waals surface area contributed by atoms with Crippen molar-refractivity contribution in [2.45, 2.75) is 46.3 Å². The van der Waals surface area contributed by atoms with Gasteiger partial charge in [0.1, 0.15) is 11.9 Å². The highest BCUT2D eigenvalue weighted by Crippen LogP contribution is 2.25. The van der Waals surface area contributed by atoms with Crippen LogP contribution in [-0.2, 0) is 24.3 Å². The molecule has 0 saturated heterocycles. The van der Waals surface area contributed by atoms with Crippen molar-refractivity contribution in [3.05, 3.63) is 53.9 Å². The van der Waals surface area contributed by atoms with E-state index in [2.05, 4.69) is 28.8 Å². The van der Waals surface area contributed by atoms with Gasteiger partial charge in [0.05, 0.1) is 29.6 Å². The van der Waals surface area contributed by atoms with Crippen molar-refractivity contribution in [2.24, 2.45) is 5.92 Å². The van der Waals surface area contributed by atoms with Crippen LogP contribution >= 0.6 is 0 Å². The smallest absolute Gasteiger partial charge is 0.246 e. The lowest BCUT2D eigenvalue weighted by Crippen LogP contribution is -2.32.